The van der Waals surface area contributed by atoms with Crippen molar-refractivity contribution >= 4 is 13.3 Å². The van der Waals surface area contributed by atoms with Crippen molar-refractivity contribution in [1.82, 2.24) is 0 Å². The molecule has 2 atom stereocenters. The Labute approximate surface area is 116 Å². The van der Waals surface area contributed by atoms with Crippen molar-refractivity contribution in [3.8, 4) is 0 Å². The number of hydrogen-bond donors (Lipinski definition) is 0. The molecule has 1 saturated heterocycles. The molecule has 1 aliphatic rings. The molecule has 0 aromatic heterocycles. The summed E-state index contributed by atoms with van der Waals surface area (Å²) in [4.78, 5) is 0. The molecule has 1 aliphatic heterocycles. The molecule has 0 N–H and O–H groups in total. The van der Waals surface area contributed by atoms with Crippen molar-refractivity contribution < 1.29 is 4.74 Å². The van der Waals surface area contributed by atoms with Crippen LogP contribution in [0.15, 0.2) is 60.7 Å². The first kappa shape index (κ1) is 12.6. The van der Waals surface area contributed by atoms with E-state index in [9.17, 15) is 0 Å². The van der Waals surface area contributed by atoms with Gasteiger partial charge in [0.05, 0.1) is 5.73 Å². The minimum Gasteiger partial charge on any atom is -0.365 e. The van der Waals surface area contributed by atoms with E-state index in [-0.39, 0.29) is 5.60 Å². The first-order valence-electron chi connectivity index (χ1n) is 6.84. The summed E-state index contributed by atoms with van der Waals surface area (Å²) in [5.74, 6) is 0. The van der Waals surface area contributed by atoms with E-state index in [4.69, 9.17) is 4.74 Å². The standard InChI is InChI=1S/C17H20OSi/c1-17(14-10-6-4-7-11-14)16(18-17)19(2,3)15-12-8-5-9-13-15/h4-13,16H,1-3H3/t16-,17-/m1/s1. The first-order chi connectivity index (χ1) is 9.05. The molecule has 1 heterocycles. The van der Waals surface area contributed by atoms with Crippen LogP contribution in [0.3, 0.4) is 0 Å². The lowest BCUT2D eigenvalue weighted by Gasteiger charge is -2.22. The molecular weight excluding hydrogens is 248 g/mol. The first-order valence-corrected chi connectivity index (χ1v) is 9.92. The largest absolute Gasteiger partial charge is 0.365 e. The van der Waals surface area contributed by atoms with Gasteiger partial charge in [0.15, 0.2) is 0 Å². The van der Waals surface area contributed by atoms with Crippen LogP contribution in [0.25, 0.3) is 0 Å². The predicted molar refractivity (Wildman–Crippen MR) is 82.2 cm³/mol. The van der Waals surface area contributed by atoms with Crippen LogP contribution >= 0.6 is 0 Å². The van der Waals surface area contributed by atoms with Gasteiger partial charge in [0.1, 0.15) is 13.7 Å². The van der Waals surface area contributed by atoms with Gasteiger partial charge in [-0.05, 0) is 12.5 Å². The summed E-state index contributed by atoms with van der Waals surface area (Å²) >= 11 is 0. The van der Waals surface area contributed by atoms with Crippen molar-refractivity contribution in [1.29, 1.82) is 0 Å². The van der Waals surface area contributed by atoms with Crippen LogP contribution < -0.4 is 5.19 Å². The third-order valence-electron chi connectivity index (χ3n) is 4.33. The van der Waals surface area contributed by atoms with E-state index in [1.165, 1.54) is 10.8 Å². The maximum atomic E-state index is 6.17. The molecule has 0 bridgehead atoms. The molecule has 19 heavy (non-hydrogen) atoms. The summed E-state index contributed by atoms with van der Waals surface area (Å²) in [5, 5.41) is 1.47. The molecule has 2 aromatic carbocycles. The molecule has 1 fully saturated rings. The van der Waals surface area contributed by atoms with Crippen LogP contribution in [-0.2, 0) is 10.3 Å². The second-order valence-electron chi connectivity index (χ2n) is 6.06. The average molecular weight is 268 g/mol. The second kappa shape index (κ2) is 4.32. The van der Waals surface area contributed by atoms with E-state index < -0.39 is 8.07 Å². The summed E-state index contributed by atoms with van der Waals surface area (Å²) < 4.78 is 6.17. The minimum atomic E-state index is -1.59. The highest BCUT2D eigenvalue weighted by Gasteiger charge is 2.61. The summed E-state index contributed by atoms with van der Waals surface area (Å²) in [6.07, 6.45) is 0. The van der Waals surface area contributed by atoms with E-state index in [1.807, 2.05) is 0 Å². The Morgan fingerprint density at radius 2 is 1.42 bits per heavy atom. The Kier molecular flexibility index (Phi) is 2.88. The van der Waals surface area contributed by atoms with Gasteiger partial charge in [0, 0.05) is 0 Å². The molecule has 98 valence electrons. The smallest absolute Gasteiger partial charge is 0.117 e. The molecule has 0 radical (unpaired) electrons. The van der Waals surface area contributed by atoms with Crippen molar-refractivity contribution in [2.45, 2.75) is 31.3 Å². The Balaban J connectivity index is 1.90. The van der Waals surface area contributed by atoms with Gasteiger partial charge in [0.2, 0.25) is 0 Å². The van der Waals surface area contributed by atoms with E-state index >= 15 is 0 Å². The number of benzene rings is 2. The molecule has 1 nitrogen and oxygen atoms in total. The van der Waals surface area contributed by atoms with Gasteiger partial charge in [0.25, 0.3) is 0 Å². The summed E-state index contributed by atoms with van der Waals surface area (Å²) in [6, 6.07) is 21.4. The van der Waals surface area contributed by atoms with Crippen LogP contribution in [0.2, 0.25) is 13.1 Å². The van der Waals surface area contributed by atoms with Gasteiger partial charge in [-0.15, -0.1) is 0 Å². The quantitative estimate of drug-likeness (QED) is 0.613. The van der Waals surface area contributed by atoms with Gasteiger partial charge >= 0.3 is 0 Å². The van der Waals surface area contributed by atoms with Gasteiger partial charge in [-0.3, -0.25) is 0 Å². The van der Waals surface area contributed by atoms with Crippen molar-refractivity contribution in [2.24, 2.45) is 0 Å². The molecule has 0 amide bonds. The Bertz CT molecular complexity index is 564. The fourth-order valence-corrected chi connectivity index (χ4v) is 6.49. The maximum Gasteiger partial charge on any atom is 0.117 e. The van der Waals surface area contributed by atoms with E-state index in [1.54, 1.807) is 0 Å². The molecule has 0 saturated carbocycles. The Hall–Kier alpha value is -1.38. The third kappa shape index (κ3) is 2.05. The number of rotatable bonds is 3. The number of epoxide rings is 1. The monoisotopic (exact) mass is 268 g/mol. The fourth-order valence-electron chi connectivity index (χ4n) is 3.05. The van der Waals surface area contributed by atoms with Crippen molar-refractivity contribution in [3.63, 3.8) is 0 Å². The van der Waals surface area contributed by atoms with Crippen molar-refractivity contribution in [2.75, 3.05) is 0 Å². The highest BCUT2D eigenvalue weighted by molar-refractivity contribution is 6.91. The molecule has 0 aliphatic carbocycles. The van der Waals surface area contributed by atoms with Crippen LogP contribution in [0.5, 0.6) is 0 Å². The van der Waals surface area contributed by atoms with Gasteiger partial charge in [-0.2, -0.15) is 0 Å². The number of ether oxygens (including phenoxy) is 1. The highest BCUT2D eigenvalue weighted by atomic mass is 28.3. The number of hydrogen-bond acceptors (Lipinski definition) is 1. The average Bonchev–Trinajstić information content (AvgIpc) is 3.16. The maximum absolute atomic E-state index is 6.17. The van der Waals surface area contributed by atoms with Crippen molar-refractivity contribution in [3.05, 3.63) is 66.2 Å². The molecule has 2 heteroatoms. The SMILES string of the molecule is C[C@]1(c2ccccc2)O[C@@H]1[Si](C)(C)c1ccccc1. The zero-order valence-electron chi connectivity index (χ0n) is 11.8. The summed E-state index contributed by atoms with van der Waals surface area (Å²) in [7, 11) is -1.59. The molecule has 0 unspecified atom stereocenters. The van der Waals surface area contributed by atoms with Gasteiger partial charge < -0.3 is 4.74 Å². The molecule has 3 rings (SSSR count). The van der Waals surface area contributed by atoms with E-state index in [2.05, 4.69) is 80.7 Å². The molecular formula is C17H20OSi. The summed E-state index contributed by atoms with van der Waals surface area (Å²) in [6.45, 7) is 7.03. The summed E-state index contributed by atoms with van der Waals surface area (Å²) in [5.41, 5.74) is 1.58. The van der Waals surface area contributed by atoms with Gasteiger partial charge in [-0.1, -0.05) is 78.9 Å². The van der Waals surface area contributed by atoms with E-state index in [0.717, 1.165) is 0 Å². The Morgan fingerprint density at radius 3 is 2.00 bits per heavy atom. The lowest BCUT2D eigenvalue weighted by molar-refractivity contribution is 0.323. The Morgan fingerprint density at radius 1 is 0.895 bits per heavy atom. The molecule has 0 spiro atoms. The zero-order valence-corrected chi connectivity index (χ0v) is 12.8. The topological polar surface area (TPSA) is 12.5 Å². The fraction of sp³-hybridized carbons (Fsp3) is 0.294. The zero-order chi connectivity index (χ0) is 13.5. The van der Waals surface area contributed by atoms with Crippen LogP contribution in [0.4, 0.5) is 0 Å². The van der Waals surface area contributed by atoms with Gasteiger partial charge in [-0.25, -0.2) is 0 Å². The highest BCUT2D eigenvalue weighted by Crippen LogP contribution is 2.49. The van der Waals surface area contributed by atoms with Crippen LogP contribution in [0, 0.1) is 0 Å². The second-order valence-corrected chi connectivity index (χ2v) is 10.6. The minimum absolute atomic E-state index is 0.0905. The normalized spacial score (nSPS) is 26.2. The van der Waals surface area contributed by atoms with Crippen LogP contribution in [0.1, 0.15) is 12.5 Å². The van der Waals surface area contributed by atoms with Crippen LogP contribution in [-0.4, -0.2) is 13.8 Å². The predicted octanol–water partition coefficient (Wildman–Crippen LogP) is 3.46. The third-order valence-corrected chi connectivity index (χ3v) is 8.13. The lowest BCUT2D eigenvalue weighted by Crippen LogP contribution is -2.49. The molecule has 2 aromatic rings. The van der Waals surface area contributed by atoms with E-state index in [0.29, 0.717) is 5.73 Å². The lowest BCUT2D eigenvalue weighted by atomic mass is 10.0.